The van der Waals surface area contributed by atoms with Gasteiger partial charge in [-0.3, -0.25) is 14.8 Å². The second-order valence-corrected chi connectivity index (χ2v) is 12.0. The molecule has 6 aromatic rings. The Balaban J connectivity index is 1.44. The van der Waals surface area contributed by atoms with Crippen LogP contribution in [0.5, 0.6) is 0 Å². The largest absolute Gasteiger partial charge is 0.336 e. The van der Waals surface area contributed by atoms with Crippen molar-refractivity contribution in [3.63, 3.8) is 0 Å². The molecule has 3 N–H and O–H groups in total. The number of imidazole rings is 1. The number of halogens is 1. The Hall–Kier alpha value is -4.34. The summed E-state index contributed by atoms with van der Waals surface area (Å²) in [7, 11) is -1.42. The molecule has 37 heavy (non-hydrogen) atoms. The zero-order valence-electron chi connectivity index (χ0n) is 20.1. The number of hydrogen-bond acceptors (Lipinski definition) is 5. The number of aromatic amines is 2. The van der Waals surface area contributed by atoms with Crippen LogP contribution in [0, 0.1) is 5.82 Å². The summed E-state index contributed by atoms with van der Waals surface area (Å²) in [6.45, 7) is 0.482. The maximum atomic E-state index is 14.6. The van der Waals surface area contributed by atoms with E-state index in [0.717, 1.165) is 44.5 Å². The van der Waals surface area contributed by atoms with Crippen molar-refractivity contribution in [1.82, 2.24) is 34.9 Å². The molecule has 0 fully saturated rings. The van der Waals surface area contributed by atoms with E-state index in [4.69, 9.17) is 9.97 Å². The summed E-state index contributed by atoms with van der Waals surface area (Å²) in [6, 6.07) is 18.6. The molecule has 0 amide bonds. The molecular formula is C28H24FN7S. The van der Waals surface area contributed by atoms with E-state index < -0.39 is 9.39 Å². The van der Waals surface area contributed by atoms with E-state index in [2.05, 4.69) is 36.6 Å². The van der Waals surface area contributed by atoms with Gasteiger partial charge in [0.1, 0.15) is 11.3 Å². The number of rotatable bonds is 6. The van der Waals surface area contributed by atoms with Gasteiger partial charge in [0.2, 0.25) is 0 Å². The Morgan fingerprint density at radius 1 is 0.946 bits per heavy atom. The molecule has 184 valence electrons. The molecule has 7 nitrogen and oxygen atoms in total. The summed E-state index contributed by atoms with van der Waals surface area (Å²) in [5.41, 5.74) is 7.76. The summed E-state index contributed by atoms with van der Waals surface area (Å²) < 4.78 is 17.9. The highest BCUT2D eigenvalue weighted by atomic mass is 32.2. The molecule has 0 aliphatic rings. The normalized spacial score (nSPS) is 11.9. The van der Waals surface area contributed by atoms with Gasteiger partial charge in [-0.15, -0.1) is 0 Å². The average molecular weight is 510 g/mol. The number of pyridine rings is 2. The molecule has 6 rings (SSSR count). The number of H-pyrrole nitrogens is 2. The lowest BCUT2D eigenvalue weighted by Crippen LogP contribution is -2.08. The van der Waals surface area contributed by atoms with E-state index in [1.54, 1.807) is 12.4 Å². The highest BCUT2D eigenvalue weighted by Crippen LogP contribution is 2.32. The van der Waals surface area contributed by atoms with Crippen LogP contribution in [0.2, 0.25) is 0 Å². The number of fused-ring (bicyclic) bond motifs is 2. The van der Waals surface area contributed by atoms with Crippen LogP contribution in [0.1, 0.15) is 5.56 Å². The highest BCUT2D eigenvalue weighted by molar-refractivity contribution is 8.25. The van der Waals surface area contributed by atoms with Gasteiger partial charge < -0.3 is 4.98 Å². The van der Waals surface area contributed by atoms with Gasteiger partial charge >= 0.3 is 0 Å². The molecule has 9 heteroatoms. The molecule has 2 aromatic carbocycles. The number of aromatic nitrogens is 6. The maximum Gasteiger partial charge on any atom is 0.161 e. The lowest BCUT2D eigenvalue weighted by atomic mass is 10.0. The monoisotopic (exact) mass is 509 g/mol. The van der Waals surface area contributed by atoms with E-state index >= 15 is 0 Å². The summed E-state index contributed by atoms with van der Waals surface area (Å²) in [6.07, 6.45) is 5.46. The number of benzene rings is 2. The van der Waals surface area contributed by atoms with Crippen molar-refractivity contribution in [2.24, 2.45) is 0 Å². The topological polar surface area (TPSA) is 95.2 Å². The summed E-state index contributed by atoms with van der Waals surface area (Å²) in [5, 5.41) is 7.54. The zero-order valence-corrected chi connectivity index (χ0v) is 20.9. The fraction of sp³-hybridized carbons (Fsp3) is 0.0714. The van der Waals surface area contributed by atoms with E-state index in [1.807, 2.05) is 54.8 Å². The van der Waals surface area contributed by atoms with Crippen molar-refractivity contribution < 1.29 is 4.39 Å². The van der Waals surface area contributed by atoms with Crippen molar-refractivity contribution in [2.75, 3.05) is 6.26 Å². The molecule has 0 saturated heterocycles. The lowest BCUT2D eigenvalue weighted by molar-refractivity contribution is 0.625. The third-order valence-electron chi connectivity index (χ3n) is 6.00. The minimum absolute atomic E-state index is 0.308. The Labute approximate surface area is 213 Å². The van der Waals surface area contributed by atoms with E-state index in [0.29, 0.717) is 23.6 Å². The van der Waals surface area contributed by atoms with Gasteiger partial charge in [-0.1, -0.05) is 23.9 Å². The first-order chi connectivity index (χ1) is 17.8. The van der Waals surface area contributed by atoms with Crippen LogP contribution < -0.4 is 4.72 Å². The summed E-state index contributed by atoms with van der Waals surface area (Å²) in [4.78, 5) is 17.3. The van der Waals surface area contributed by atoms with Gasteiger partial charge in [-0.2, -0.15) is 14.5 Å². The number of para-hydroxylation sites is 1. The van der Waals surface area contributed by atoms with E-state index in [1.165, 1.54) is 12.1 Å². The Kier molecular flexibility index (Phi) is 5.58. The molecule has 0 unspecified atom stereocenters. The molecular weight excluding hydrogens is 485 g/mol. The minimum Gasteiger partial charge on any atom is -0.336 e. The van der Waals surface area contributed by atoms with Crippen LogP contribution in [-0.2, 0) is 6.54 Å². The number of hydrogen-bond donors (Lipinski definition) is 3. The van der Waals surface area contributed by atoms with Crippen molar-refractivity contribution >= 4 is 43.2 Å². The van der Waals surface area contributed by atoms with Crippen molar-refractivity contribution in [1.29, 1.82) is 0 Å². The van der Waals surface area contributed by atoms with Crippen molar-refractivity contribution in [3.05, 3.63) is 84.4 Å². The van der Waals surface area contributed by atoms with Crippen LogP contribution in [-0.4, -0.2) is 48.1 Å². The van der Waals surface area contributed by atoms with Crippen LogP contribution in [0.15, 0.2) is 73.1 Å². The SMILES string of the molecule is C=S(=C)(C)NCc1cc(F)cc(-c2cccc3[nH]c(-c4n[nH]c5ccc(-c6cccnc6)nc45)nc23)c1. The Morgan fingerprint density at radius 3 is 2.65 bits per heavy atom. The quantitative estimate of drug-likeness (QED) is 0.251. The van der Waals surface area contributed by atoms with Crippen LogP contribution >= 0.6 is 9.39 Å². The molecule has 0 saturated carbocycles. The van der Waals surface area contributed by atoms with Gasteiger partial charge in [0.15, 0.2) is 11.5 Å². The fourth-order valence-electron chi connectivity index (χ4n) is 4.28. The molecule has 0 radical (unpaired) electrons. The van der Waals surface area contributed by atoms with Crippen LogP contribution in [0.25, 0.3) is 56.0 Å². The average Bonchev–Trinajstić information content (AvgIpc) is 3.51. The molecule has 0 atom stereocenters. The second-order valence-electron chi connectivity index (χ2n) is 9.14. The van der Waals surface area contributed by atoms with E-state index in [-0.39, 0.29) is 5.82 Å². The maximum absolute atomic E-state index is 14.6. The van der Waals surface area contributed by atoms with E-state index in [9.17, 15) is 4.39 Å². The zero-order chi connectivity index (χ0) is 25.6. The highest BCUT2D eigenvalue weighted by Gasteiger charge is 2.17. The predicted octanol–water partition coefficient (Wildman–Crippen LogP) is 5.67. The molecule has 0 spiro atoms. The van der Waals surface area contributed by atoms with Crippen LogP contribution in [0.4, 0.5) is 4.39 Å². The van der Waals surface area contributed by atoms with Crippen molar-refractivity contribution in [3.8, 4) is 33.9 Å². The molecule has 0 aliphatic heterocycles. The van der Waals surface area contributed by atoms with Crippen LogP contribution in [0.3, 0.4) is 0 Å². The van der Waals surface area contributed by atoms with Crippen molar-refractivity contribution in [2.45, 2.75) is 6.54 Å². The molecule has 0 bridgehead atoms. The minimum atomic E-state index is -1.42. The number of nitrogens with one attached hydrogen (secondary N) is 3. The lowest BCUT2D eigenvalue weighted by Gasteiger charge is -2.12. The van der Waals surface area contributed by atoms with Gasteiger partial charge in [0.25, 0.3) is 0 Å². The summed E-state index contributed by atoms with van der Waals surface area (Å²) in [5.74, 6) is 8.35. The standard InChI is InChI=1S/C28H24FN7S/c1-37(2,3)31-15-17-12-19(14-20(29)13-17)21-7-4-8-23-25(21)34-28(33-23)27-26-24(35-36-27)10-9-22(32-26)18-6-5-11-30-16-18/h4-14,16,31H,1-2,15H2,3H3,(H,33,34)(H,35,36). The summed E-state index contributed by atoms with van der Waals surface area (Å²) >= 11 is 0. The first kappa shape index (κ1) is 23.1. The smallest absolute Gasteiger partial charge is 0.161 e. The van der Waals surface area contributed by atoms with Gasteiger partial charge in [0, 0.05) is 30.1 Å². The number of nitrogens with zero attached hydrogens (tertiary/aromatic N) is 4. The predicted molar refractivity (Wildman–Crippen MR) is 152 cm³/mol. The third kappa shape index (κ3) is 4.62. The van der Waals surface area contributed by atoms with Gasteiger partial charge in [-0.25, -0.2) is 14.4 Å². The third-order valence-corrected chi connectivity index (χ3v) is 6.84. The molecule has 4 heterocycles. The Morgan fingerprint density at radius 2 is 1.84 bits per heavy atom. The first-order valence-electron chi connectivity index (χ1n) is 11.6. The Bertz CT molecular complexity index is 1870. The second kappa shape index (κ2) is 8.95. The first-order valence-corrected chi connectivity index (χ1v) is 14.0. The molecule has 0 aliphatic carbocycles. The van der Waals surface area contributed by atoms with Gasteiger partial charge in [-0.05, 0) is 65.9 Å². The van der Waals surface area contributed by atoms with Gasteiger partial charge in [0.05, 0.1) is 22.2 Å². The fourth-order valence-corrected chi connectivity index (χ4v) is 4.80. The molecule has 4 aromatic heterocycles.